The molecule has 0 saturated carbocycles. The van der Waals surface area contributed by atoms with E-state index in [1.807, 2.05) is 0 Å². The van der Waals surface area contributed by atoms with Crippen LogP contribution in [0.25, 0.3) is 11.1 Å². The summed E-state index contributed by atoms with van der Waals surface area (Å²) in [5.41, 5.74) is 1.83. The maximum atomic E-state index is 14.2. The van der Waals surface area contributed by atoms with Gasteiger partial charge in [0.15, 0.2) is 11.6 Å². The monoisotopic (exact) mass is 445 g/mol. The molecule has 0 aliphatic carbocycles. The maximum absolute atomic E-state index is 14.2. The number of aryl methyl sites for hydroxylation is 1. The number of pyridine rings is 1. The normalized spacial score (nSPS) is 11.6. The molecule has 0 bridgehead atoms. The van der Waals surface area contributed by atoms with Crippen molar-refractivity contribution in [1.29, 1.82) is 0 Å². The van der Waals surface area contributed by atoms with Crippen molar-refractivity contribution in [3.63, 3.8) is 0 Å². The van der Waals surface area contributed by atoms with Crippen LogP contribution in [0.3, 0.4) is 0 Å². The summed E-state index contributed by atoms with van der Waals surface area (Å²) in [7, 11) is 3.41. The fraction of sp³-hybridized carbons (Fsp3) is 0.136. The Labute approximate surface area is 181 Å². The third-order valence-electron chi connectivity index (χ3n) is 4.62. The van der Waals surface area contributed by atoms with Crippen LogP contribution in [0.4, 0.5) is 20.2 Å². The summed E-state index contributed by atoms with van der Waals surface area (Å²) in [6.07, 6.45) is 1.61. The van der Waals surface area contributed by atoms with Crippen molar-refractivity contribution in [2.24, 2.45) is 7.05 Å². The van der Waals surface area contributed by atoms with E-state index in [1.54, 1.807) is 51.6 Å². The number of aromatic nitrogens is 1. The fourth-order valence-electron chi connectivity index (χ4n) is 2.96. The van der Waals surface area contributed by atoms with Crippen molar-refractivity contribution in [3.05, 3.63) is 82.6 Å². The molecule has 1 heterocycles. The number of rotatable bonds is 7. The maximum Gasteiger partial charge on any atom is 0.273 e. The first-order valence-electron chi connectivity index (χ1n) is 9.18. The van der Waals surface area contributed by atoms with Crippen molar-refractivity contribution in [3.8, 4) is 22.6 Å². The van der Waals surface area contributed by atoms with Crippen molar-refractivity contribution < 1.29 is 17.7 Å². The number of hydrogen-bond donors (Lipinski definition) is 1. The molecule has 2 aromatic carbocycles. The number of ether oxygens (including phenoxy) is 1. The van der Waals surface area contributed by atoms with Gasteiger partial charge in [0.25, 0.3) is 5.56 Å². The molecule has 6 nitrogen and oxygen atoms in total. The third kappa shape index (κ3) is 4.66. The average molecular weight is 445 g/mol. The van der Waals surface area contributed by atoms with Gasteiger partial charge in [0.1, 0.15) is 28.2 Å². The highest BCUT2D eigenvalue weighted by molar-refractivity contribution is 7.89. The lowest BCUT2D eigenvalue weighted by Crippen LogP contribution is -2.20. The topological polar surface area (TPSA) is 63.6 Å². The zero-order valence-corrected chi connectivity index (χ0v) is 18.0. The van der Waals surface area contributed by atoms with Crippen LogP contribution in [0, 0.1) is 11.6 Å². The fourth-order valence-corrected chi connectivity index (χ4v) is 3.50. The second-order valence-electron chi connectivity index (χ2n) is 6.61. The number of nitrogens with zero attached hydrogens (tertiary/aromatic N) is 2. The van der Waals surface area contributed by atoms with Gasteiger partial charge in [-0.15, -0.1) is 0 Å². The Bertz CT molecular complexity index is 1230. The van der Waals surface area contributed by atoms with Crippen molar-refractivity contribution in [2.45, 2.75) is 0 Å². The summed E-state index contributed by atoms with van der Waals surface area (Å²) in [4.78, 5) is 12.3. The van der Waals surface area contributed by atoms with E-state index in [2.05, 4.69) is 11.9 Å². The lowest BCUT2D eigenvalue weighted by atomic mass is 10.0. The van der Waals surface area contributed by atoms with Crippen LogP contribution in [0.15, 0.2) is 65.4 Å². The Hall–Kier alpha value is -3.46. The first-order chi connectivity index (χ1) is 14.7. The van der Waals surface area contributed by atoms with E-state index in [-0.39, 0.29) is 17.1 Å². The molecule has 3 aromatic rings. The number of hydrogen-bond acceptors (Lipinski definition) is 4. The Morgan fingerprint density at radius 1 is 1.16 bits per heavy atom. The zero-order valence-electron chi connectivity index (χ0n) is 17.2. The van der Waals surface area contributed by atoms with E-state index in [1.165, 1.54) is 20.3 Å². The molecule has 1 atom stereocenters. The van der Waals surface area contributed by atoms with Crippen LogP contribution < -0.4 is 19.9 Å². The minimum atomic E-state index is -1.47. The highest BCUT2D eigenvalue weighted by Gasteiger charge is 2.16. The summed E-state index contributed by atoms with van der Waals surface area (Å²) >= 11 is 0. The van der Waals surface area contributed by atoms with Gasteiger partial charge in [-0.05, 0) is 36.4 Å². The second kappa shape index (κ2) is 9.13. The second-order valence-corrected chi connectivity index (χ2v) is 8.04. The standard InChI is InChI=1S/C22H21F2N3O3S/c1-5-31(29)27(4)16-7-9-20(30-21-8-6-15(23)11-18(21)24)17(12-16)14-10-19(25-2)22(28)26(3)13-14/h5-13,25H,1H2,2-4H3. The summed E-state index contributed by atoms with van der Waals surface area (Å²) in [5, 5.41) is 4.14. The number of anilines is 2. The van der Waals surface area contributed by atoms with Gasteiger partial charge < -0.3 is 14.6 Å². The SMILES string of the molecule is C=CS(=O)N(C)c1ccc(Oc2ccc(F)cc2F)c(-c2cc(NC)c(=O)n(C)c2)c1. The summed E-state index contributed by atoms with van der Waals surface area (Å²) in [6.45, 7) is 3.54. The molecule has 0 fully saturated rings. The van der Waals surface area contributed by atoms with Crippen LogP contribution >= 0.6 is 0 Å². The Morgan fingerprint density at radius 2 is 1.87 bits per heavy atom. The van der Waals surface area contributed by atoms with Crippen LogP contribution in [-0.4, -0.2) is 22.9 Å². The molecule has 1 N–H and O–H groups in total. The van der Waals surface area contributed by atoms with E-state index in [4.69, 9.17) is 4.74 Å². The van der Waals surface area contributed by atoms with Crippen molar-refractivity contribution in [1.82, 2.24) is 4.57 Å². The Balaban J connectivity index is 2.19. The van der Waals surface area contributed by atoms with Gasteiger partial charge >= 0.3 is 0 Å². The van der Waals surface area contributed by atoms with Gasteiger partial charge in [-0.1, -0.05) is 6.58 Å². The van der Waals surface area contributed by atoms with E-state index in [0.717, 1.165) is 12.1 Å². The lowest BCUT2D eigenvalue weighted by Gasteiger charge is -2.19. The minimum Gasteiger partial charge on any atom is -0.454 e. The van der Waals surface area contributed by atoms with Gasteiger partial charge in [0.2, 0.25) is 0 Å². The van der Waals surface area contributed by atoms with Crippen molar-refractivity contribution >= 4 is 22.4 Å². The van der Waals surface area contributed by atoms with Gasteiger partial charge in [0, 0.05) is 49.9 Å². The van der Waals surface area contributed by atoms with Gasteiger partial charge in [-0.25, -0.2) is 13.0 Å². The largest absolute Gasteiger partial charge is 0.454 e. The van der Waals surface area contributed by atoms with E-state index in [0.29, 0.717) is 22.5 Å². The molecule has 162 valence electrons. The molecular weight excluding hydrogens is 424 g/mol. The molecular formula is C22H21F2N3O3S. The minimum absolute atomic E-state index is 0.155. The zero-order chi connectivity index (χ0) is 22.7. The molecule has 0 radical (unpaired) electrons. The van der Waals surface area contributed by atoms with Crippen LogP contribution in [0.2, 0.25) is 0 Å². The molecule has 1 unspecified atom stereocenters. The number of benzene rings is 2. The average Bonchev–Trinajstić information content (AvgIpc) is 2.76. The molecule has 0 aliphatic rings. The Morgan fingerprint density at radius 3 is 2.52 bits per heavy atom. The predicted octanol–water partition coefficient (Wildman–Crippen LogP) is 4.41. The molecule has 3 rings (SSSR count). The van der Waals surface area contributed by atoms with Gasteiger partial charge in [-0.2, -0.15) is 0 Å². The molecule has 9 heteroatoms. The first-order valence-corrected chi connectivity index (χ1v) is 10.3. The van der Waals surface area contributed by atoms with Crippen LogP contribution in [-0.2, 0) is 18.0 Å². The lowest BCUT2D eigenvalue weighted by molar-refractivity contribution is 0.439. The number of nitrogens with one attached hydrogen (secondary N) is 1. The summed E-state index contributed by atoms with van der Waals surface area (Å²) in [5.74, 6) is -1.45. The van der Waals surface area contributed by atoms with Crippen LogP contribution in [0.1, 0.15) is 0 Å². The van der Waals surface area contributed by atoms with E-state index >= 15 is 0 Å². The van der Waals surface area contributed by atoms with E-state index in [9.17, 15) is 17.8 Å². The molecule has 0 amide bonds. The molecule has 31 heavy (non-hydrogen) atoms. The van der Waals surface area contributed by atoms with Gasteiger partial charge in [0.05, 0.1) is 5.69 Å². The van der Waals surface area contributed by atoms with E-state index < -0.39 is 22.6 Å². The molecule has 1 aromatic heterocycles. The first kappa shape index (κ1) is 22.2. The van der Waals surface area contributed by atoms with Gasteiger partial charge in [-0.3, -0.25) is 9.10 Å². The molecule has 0 spiro atoms. The predicted molar refractivity (Wildman–Crippen MR) is 120 cm³/mol. The summed E-state index contributed by atoms with van der Waals surface area (Å²) < 4.78 is 48.3. The van der Waals surface area contributed by atoms with Crippen LogP contribution in [0.5, 0.6) is 11.5 Å². The third-order valence-corrected chi connectivity index (χ3v) is 5.65. The smallest absolute Gasteiger partial charge is 0.273 e. The molecule has 0 saturated heterocycles. The number of halogens is 2. The molecule has 0 aliphatic heterocycles. The Kier molecular flexibility index (Phi) is 6.55. The summed E-state index contributed by atoms with van der Waals surface area (Å²) in [6, 6.07) is 9.61. The quantitative estimate of drug-likeness (QED) is 0.585. The highest BCUT2D eigenvalue weighted by atomic mass is 32.2. The highest BCUT2D eigenvalue weighted by Crippen LogP contribution is 2.37. The van der Waals surface area contributed by atoms with Crippen molar-refractivity contribution in [2.75, 3.05) is 23.7 Å².